The van der Waals surface area contributed by atoms with Gasteiger partial charge in [0.25, 0.3) is 0 Å². The molecule has 12 heteroatoms. The third-order valence-electron chi connectivity index (χ3n) is 8.74. The number of hydrogen-bond donors (Lipinski definition) is 1. The predicted octanol–water partition coefficient (Wildman–Crippen LogP) is 6.75. The molecule has 2 aromatic carbocycles. The van der Waals surface area contributed by atoms with Crippen molar-refractivity contribution in [3.63, 3.8) is 0 Å². The average Bonchev–Trinajstić information content (AvgIpc) is 3.15. The summed E-state index contributed by atoms with van der Waals surface area (Å²) in [5, 5.41) is 3.28. The molecule has 0 amide bonds. The minimum Gasteiger partial charge on any atom is -0.497 e. The Morgan fingerprint density at radius 3 is 2.06 bits per heavy atom. The first kappa shape index (κ1) is 34.5. The molecule has 0 aliphatic carbocycles. The fraction of sp³-hybridized carbons (Fsp3) is 0.316. The summed E-state index contributed by atoms with van der Waals surface area (Å²) in [6.07, 6.45) is 3.37. The number of halogens is 1. The Balaban J connectivity index is 1.42. The topological polar surface area (TPSA) is 107 Å². The minimum absolute atomic E-state index is 0.0803. The molecule has 1 aliphatic heterocycles. The molecular weight excluding hydrogens is 637 g/mol. The van der Waals surface area contributed by atoms with E-state index in [1.807, 2.05) is 43.5 Å². The number of pyridine rings is 2. The first-order valence-electron chi connectivity index (χ1n) is 16.5. The lowest BCUT2D eigenvalue weighted by Crippen LogP contribution is -2.38. The lowest BCUT2D eigenvalue weighted by molar-refractivity contribution is 0.0198. The number of benzene rings is 2. The maximum atomic E-state index is 14.7. The largest absolute Gasteiger partial charge is 0.497 e. The van der Waals surface area contributed by atoms with E-state index < -0.39 is 5.82 Å². The molecule has 0 radical (unpaired) electrons. The number of aromatic nitrogens is 4. The van der Waals surface area contributed by atoms with Crippen molar-refractivity contribution in [2.75, 3.05) is 57.8 Å². The second-order valence-electron chi connectivity index (χ2n) is 12.0. The van der Waals surface area contributed by atoms with Crippen LogP contribution in [0.15, 0.2) is 79.1 Å². The van der Waals surface area contributed by atoms with Gasteiger partial charge in [0.05, 0.1) is 52.1 Å². The number of hydrogen-bond acceptors (Lipinski definition) is 11. The number of anilines is 3. The van der Waals surface area contributed by atoms with Crippen molar-refractivity contribution in [3.05, 3.63) is 107 Å². The normalized spacial score (nSPS) is 13.8. The SMILES string of the molecule is COc1ccc(CN(Cc2ccc(OC)cc2)c2cc(-c3cc(C(C)N4CCOCC4)cnc3Nc3cnc(OC)c(F)c3)nc(C)n2)cc1. The molecule has 1 unspecified atom stereocenters. The van der Waals surface area contributed by atoms with Gasteiger partial charge in [0.1, 0.15) is 29.0 Å². The maximum Gasteiger partial charge on any atom is 0.250 e. The molecule has 1 saturated heterocycles. The van der Waals surface area contributed by atoms with Gasteiger partial charge in [0.2, 0.25) is 5.88 Å². The Hall–Kier alpha value is -5.33. The van der Waals surface area contributed by atoms with Gasteiger partial charge in [0, 0.05) is 56.1 Å². The molecule has 1 atom stereocenters. The van der Waals surface area contributed by atoms with Crippen molar-refractivity contribution >= 4 is 17.3 Å². The number of methoxy groups -OCH3 is 3. The van der Waals surface area contributed by atoms with Gasteiger partial charge >= 0.3 is 0 Å². The fourth-order valence-corrected chi connectivity index (χ4v) is 5.93. The van der Waals surface area contributed by atoms with Crippen molar-refractivity contribution in [1.29, 1.82) is 0 Å². The van der Waals surface area contributed by atoms with Crippen LogP contribution in [0.3, 0.4) is 0 Å². The zero-order valence-corrected chi connectivity index (χ0v) is 29.0. The van der Waals surface area contributed by atoms with Crippen molar-refractivity contribution in [3.8, 4) is 28.6 Å². The molecule has 50 heavy (non-hydrogen) atoms. The summed E-state index contributed by atoms with van der Waals surface area (Å²) < 4.78 is 36.1. The van der Waals surface area contributed by atoms with Crippen molar-refractivity contribution in [2.45, 2.75) is 33.0 Å². The first-order chi connectivity index (χ1) is 24.3. The van der Waals surface area contributed by atoms with Crippen LogP contribution in [0.25, 0.3) is 11.3 Å². The van der Waals surface area contributed by atoms with Gasteiger partial charge in [-0.15, -0.1) is 0 Å². The minimum atomic E-state index is -0.579. The van der Waals surface area contributed by atoms with E-state index in [1.54, 1.807) is 14.2 Å². The van der Waals surface area contributed by atoms with Gasteiger partial charge < -0.3 is 29.2 Å². The number of morpholine rings is 1. The maximum absolute atomic E-state index is 14.7. The van der Waals surface area contributed by atoms with Crippen LogP contribution >= 0.6 is 0 Å². The van der Waals surface area contributed by atoms with Gasteiger partial charge in [-0.2, -0.15) is 0 Å². The smallest absolute Gasteiger partial charge is 0.250 e. The lowest BCUT2D eigenvalue weighted by Gasteiger charge is -2.32. The highest BCUT2D eigenvalue weighted by Gasteiger charge is 2.22. The molecule has 11 nitrogen and oxygen atoms in total. The standard InChI is InChI=1S/C38H42FN7O4/c1-25(45-14-16-50-17-15-45)29-18-33(37(40-21-29)44-30-19-34(39)38(49-5)41-22-30)35-20-36(43-26(2)42-35)46(23-27-6-10-31(47-3)11-7-27)24-28-8-12-32(48-4)13-9-28/h6-13,18-22,25H,14-17,23-24H2,1-5H3,(H,40,44). The van der Waals surface area contributed by atoms with Crippen molar-refractivity contribution in [1.82, 2.24) is 24.8 Å². The summed E-state index contributed by atoms with van der Waals surface area (Å²) in [7, 11) is 4.70. The van der Waals surface area contributed by atoms with Gasteiger partial charge in [-0.25, -0.2) is 24.3 Å². The zero-order valence-electron chi connectivity index (χ0n) is 29.0. The molecule has 5 aromatic rings. The highest BCUT2D eigenvalue weighted by molar-refractivity contribution is 5.78. The number of aryl methyl sites for hydroxylation is 1. The number of nitrogens with zero attached hydrogens (tertiary/aromatic N) is 6. The fourth-order valence-electron chi connectivity index (χ4n) is 5.93. The summed E-state index contributed by atoms with van der Waals surface area (Å²) in [4.78, 5) is 23.4. The monoisotopic (exact) mass is 679 g/mol. The Kier molecular flexibility index (Phi) is 11.0. The quantitative estimate of drug-likeness (QED) is 0.143. The first-order valence-corrected chi connectivity index (χ1v) is 16.5. The Morgan fingerprint density at radius 2 is 1.48 bits per heavy atom. The Bertz CT molecular complexity index is 1840. The van der Waals surface area contributed by atoms with E-state index >= 15 is 0 Å². The van der Waals surface area contributed by atoms with Crippen LogP contribution in [0.4, 0.5) is 21.7 Å². The van der Waals surface area contributed by atoms with E-state index in [-0.39, 0.29) is 11.9 Å². The van der Waals surface area contributed by atoms with Crippen molar-refractivity contribution < 1.29 is 23.3 Å². The van der Waals surface area contributed by atoms with Crippen LogP contribution in [-0.4, -0.2) is 72.5 Å². The van der Waals surface area contributed by atoms with Gasteiger partial charge in [-0.3, -0.25) is 4.90 Å². The van der Waals surface area contributed by atoms with Crippen LogP contribution < -0.4 is 24.4 Å². The van der Waals surface area contributed by atoms with E-state index in [9.17, 15) is 4.39 Å². The number of ether oxygens (including phenoxy) is 4. The Labute approximate surface area is 292 Å². The van der Waals surface area contributed by atoms with Gasteiger partial charge in [0.15, 0.2) is 5.82 Å². The van der Waals surface area contributed by atoms with E-state index in [0.29, 0.717) is 49.3 Å². The molecule has 4 heterocycles. The summed E-state index contributed by atoms with van der Waals surface area (Å²) in [5.74, 6) is 2.78. The summed E-state index contributed by atoms with van der Waals surface area (Å²) in [6.45, 7) is 8.26. The summed E-state index contributed by atoms with van der Waals surface area (Å²) >= 11 is 0. The number of nitrogens with one attached hydrogen (secondary N) is 1. The zero-order chi connectivity index (χ0) is 35.0. The highest BCUT2D eigenvalue weighted by atomic mass is 19.1. The van der Waals surface area contributed by atoms with E-state index in [1.165, 1.54) is 19.4 Å². The molecule has 0 spiro atoms. The predicted molar refractivity (Wildman–Crippen MR) is 191 cm³/mol. The molecule has 3 aromatic heterocycles. The second kappa shape index (κ2) is 15.9. The Morgan fingerprint density at radius 1 is 0.840 bits per heavy atom. The van der Waals surface area contributed by atoms with Gasteiger partial charge in [-0.05, 0) is 60.9 Å². The third kappa shape index (κ3) is 8.27. The van der Waals surface area contributed by atoms with E-state index in [0.717, 1.165) is 52.7 Å². The molecule has 1 fully saturated rings. The third-order valence-corrected chi connectivity index (χ3v) is 8.74. The highest BCUT2D eigenvalue weighted by Crippen LogP contribution is 2.34. The van der Waals surface area contributed by atoms with Crippen LogP contribution in [0.5, 0.6) is 17.4 Å². The van der Waals surface area contributed by atoms with Crippen LogP contribution in [0.1, 0.15) is 35.5 Å². The molecule has 260 valence electrons. The van der Waals surface area contributed by atoms with E-state index in [2.05, 4.69) is 57.4 Å². The molecule has 6 rings (SSSR count). The van der Waals surface area contributed by atoms with E-state index in [4.69, 9.17) is 33.9 Å². The molecular formula is C38H42FN7O4. The van der Waals surface area contributed by atoms with Gasteiger partial charge in [-0.1, -0.05) is 24.3 Å². The average molecular weight is 680 g/mol. The summed E-state index contributed by atoms with van der Waals surface area (Å²) in [6, 6.07) is 21.6. The molecule has 0 bridgehead atoms. The van der Waals surface area contributed by atoms with Crippen molar-refractivity contribution in [2.24, 2.45) is 0 Å². The molecule has 1 N–H and O–H groups in total. The number of rotatable bonds is 13. The van der Waals surface area contributed by atoms with Crippen LogP contribution in [-0.2, 0) is 17.8 Å². The van der Waals surface area contributed by atoms with Crippen LogP contribution in [0.2, 0.25) is 0 Å². The molecule has 1 aliphatic rings. The second-order valence-corrected chi connectivity index (χ2v) is 12.0. The lowest BCUT2D eigenvalue weighted by atomic mass is 10.0. The summed E-state index contributed by atoms with van der Waals surface area (Å²) in [5.41, 5.74) is 5.07. The van der Waals surface area contributed by atoms with Crippen LogP contribution in [0, 0.1) is 12.7 Å². The molecule has 0 saturated carbocycles.